The van der Waals surface area contributed by atoms with Gasteiger partial charge in [-0.25, -0.2) is 0 Å². The van der Waals surface area contributed by atoms with Crippen LogP contribution in [0.1, 0.15) is 28.7 Å². The highest BCUT2D eigenvalue weighted by Crippen LogP contribution is 2.25. The van der Waals surface area contributed by atoms with Crippen LogP contribution in [0.3, 0.4) is 0 Å². The third-order valence-corrected chi connectivity index (χ3v) is 4.73. The predicted octanol–water partition coefficient (Wildman–Crippen LogP) is 3.60. The molecule has 1 fully saturated rings. The molecule has 1 aliphatic rings. The maximum atomic E-state index is 12.7. The molecule has 0 aromatic heterocycles. The summed E-state index contributed by atoms with van der Waals surface area (Å²) in [5.74, 6) is -0.323. The standard InChI is InChI=1S/C21H24N2O2/c1-14-9-15(2)20(16(3)10-14)22-21(25)18-11-19(24)23(13-18)12-17-7-5-4-6-8-17/h4-10,18H,11-13H2,1-3H3,(H,22,25)/t18-/m1/s1. The van der Waals surface area contributed by atoms with Crippen molar-refractivity contribution >= 4 is 17.5 Å². The molecule has 130 valence electrons. The van der Waals surface area contributed by atoms with Crippen LogP contribution in [0.25, 0.3) is 0 Å². The minimum atomic E-state index is -0.295. The van der Waals surface area contributed by atoms with E-state index in [4.69, 9.17) is 0 Å². The summed E-state index contributed by atoms with van der Waals surface area (Å²) in [6.07, 6.45) is 0.280. The lowest BCUT2D eigenvalue weighted by atomic mass is 10.0. The Morgan fingerprint density at radius 2 is 1.76 bits per heavy atom. The minimum Gasteiger partial charge on any atom is -0.338 e. The van der Waals surface area contributed by atoms with E-state index in [2.05, 4.69) is 17.4 Å². The lowest BCUT2D eigenvalue weighted by Gasteiger charge is -2.18. The highest BCUT2D eigenvalue weighted by atomic mass is 16.2. The monoisotopic (exact) mass is 336 g/mol. The van der Waals surface area contributed by atoms with Gasteiger partial charge in [-0.15, -0.1) is 0 Å². The number of carbonyl (C=O) groups excluding carboxylic acids is 2. The molecule has 0 spiro atoms. The fourth-order valence-electron chi connectivity index (χ4n) is 3.51. The number of anilines is 1. The fourth-order valence-corrected chi connectivity index (χ4v) is 3.51. The van der Waals surface area contributed by atoms with Crippen molar-refractivity contribution in [2.75, 3.05) is 11.9 Å². The van der Waals surface area contributed by atoms with E-state index >= 15 is 0 Å². The van der Waals surface area contributed by atoms with Gasteiger partial charge in [-0.2, -0.15) is 0 Å². The van der Waals surface area contributed by atoms with Crippen LogP contribution in [-0.2, 0) is 16.1 Å². The van der Waals surface area contributed by atoms with Crippen LogP contribution in [0.4, 0.5) is 5.69 Å². The Balaban J connectivity index is 1.67. The van der Waals surface area contributed by atoms with Crippen molar-refractivity contribution in [3.05, 3.63) is 64.7 Å². The van der Waals surface area contributed by atoms with Gasteiger partial charge in [0.2, 0.25) is 11.8 Å². The van der Waals surface area contributed by atoms with Crippen LogP contribution in [0, 0.1) is 26.7 Å². The number of nitrogens with zero attached hydrogens (tertiary/aromatic N) is 1. The Labute approximate surface area is 148 Å². The van der Waals surface area contributed by atoms with E-state index < -0.39 is 0 Å². The molecule has 1 heterocycles. The molecule has 25 heavy (non-hydrogen) atoms. The van der Waals surface area contributed by atoms with Gasteiger partial charge < -0.3 is 10.2 Å². The van der Waals surface area contributed by atoms with Gasteiger partial charge in [-0.05, 0) is 37.5 Å². The SMILES string of the molecule is Cc1cc(C)c(NC(=O)[C@@H]2CC(=O)N(Cc3ccccc3)C2)c(C)c1. The molecular formula is C21H24N2O2. The van der Waals surface area contributed by atoms with E-state index in [0.29, 0.717) is 13.1 Å². The number of amides is 2. The molecule has 0 aliphatic carbocycles. The molecule has 2 aromatic carbocycles. The Kier molecular flexibility index (Phi) is 4.88. The maximum Gasteiger partial charge on any atom is 0.229 e. The number of aryl methyl sites for hydroxylation is 3. The van der Waals surface area contributed by atoms with Crippen molar-refractivity contribution in [3.63, 3.8) is 0 Å². The van der Waals surface area contributed by atoms with E-state index in [1.165, 1.54) is 5.56 Å². The van der Waals surface area contributed by atoms with Gasteiger partial charge in [0.05, 0.1) is 5.92 Å². The first-order valence-electron chi connectivity index (χ1n) is 8.64. The van der Waals surface area contributed by atoms with Crippen LogP contribution in [0.15, 0.2) is 42.5 Å². The van der Waals surface area contributed by atoms with E-state index in [9.17, 15) is 9.59 Å². The Bertz CT molecular complexity index is 776. The highest BCUT2D eigenvalue weighted by Gasteiger charge is 2.34. The second-order valence-corrected chi connectivity index (χ2v) is 6.92. The van der Waals surface area contributed by atoms with Gasteiger partial charge in [0, 0.05) is 25.2 Å². The van der Waals surface area contributed by atoms with Gasteiger partial charge in [0.1, 0.15) is 0 Å². The summed E-state index contributed by atoms with van der Waals surface area (Å²) in [6.45, 7) is 7.08. The van der Waals surface area contributed by atoms with Crippen molar-refractivity contribution < 1.29 is 9.59 Å². The minimum absolute atomic E-state index is 0.0429. The van der Waals surface area contributed by atoms with E-state index in [1.807, 2.05) is 51.1 Å². The molecule has 2 aromatic rings. The summed E-state index contributed by atoms with van der Waals surface area (Å²) in [5, 5.41) is 3.03. The van der Waals surface area contributed by atoms with Gasteiger partial charge in [-0.3, -0.25) is 9.59 Å². The third-order valence-electron chi connectivity index (χ3n) is 4.73. The van der Waals surface area contributed by atoms with Gasteiger partial charge in [-0.1, -0.05) is 48.0 Å². The normalized spacial score (nSPS) is 17.0. The van der Waals surface area contributed by atoms with Crippen molar-refractivity contribution in [2.45, 2.75) is 33.7 Å². The summed E-state index contributed by atoms with van der Waals surface area (Å²) in [5.41, 5.74) is 5.23. The van der Waals surface area contributed by atoms with Crippen LogP contribution in [-0.4, -0.2) is 23.3 Å². The first-order chi connectivity index (χ1) is 11.9. The summed E-state index contributed by atoms with van der Waals surface area (Å²) in [4.78, 5) is 26.7. The lowest BCUT2D eigenvalue weighted by molar-refractivity contribution is -0.128. The number of benzene rings is 2. The molecule has 4 heteroatoms. The van der Waals surface area contributed by atoms with E-state index in [1.54, 1.807) is 4.90 Å². The van der Waals surface area contributed by atoms with E-state index in [-0.39, 0.29) is 24.2 Å². The molecule has 1 N–H and O–H groups in total. The first kappa shape index (κ1) is 17.2. The van der Waals surface area contributed by atoms with Crippen molar-refractivity contribution in [2.24, 2.45) is 5.92 Å². The van der Waals surface area contributed by atoms with Crippen molar-refractivity contribution in [1.82, 2.24) is 4.90 Å². The second-order valence-electron chi connectivity index (χ2n) is 6.92. The van der Waals surface area contributed by atoms with Gasteiger partial charge >= 0.3 is 0 Å². The van der Waals surface area contributed by atoms with Crippen LogP contribution in [0.5, 0.6) is 0 Å². The second kappa shape index (κ2) is 7.09. The molecule has 0 saturated carbocycles. The predicted molar refractivity (Wildman–Crippen MR) is 99.2 cm³/mol. The Hall–Kier alpha value is -2.62. The lowest BCUT2D eigenvalue weighted by Crippen LogP contribution is -2.28. The molecule has 0 radical (unpaired) electrons. The first-order valence-corrected chi connectivity index (χ1v) is 8.64. The number of hydrogen-bond donors (Lipinski definition) is 1. The molecule has 2 amide bonds. The molecule has 4 nitrogen and oxygen atoms in total. The van der Waals surface area contributed by atoms with Crippen LogP contribution >= 0.6 is 0 Å². The summed E-state index contributed by atoms with van der Waals surface area (Å²) >= 11 is 0. The average Bonchev–Trinajstić information content (AvgIpc) is 2.92. The number of nitrogens with one attached hydrogen (secondary N) is 1. The third kappa shape index (κ3) is 3.90. The summed E-state index contributed by atoms with van der Waals surface area (Å²) < 4.78 is 0. The van der Waals surface area contributed by atoms with Crippen molar-refractivity contribution in [1.29, 1.82) is 0 Å². The Morgan fingerprint density at radius 3 is 2.40 bits per heavy atom. The molecule has 1 atom stereocenters. The zero-order valence-corrected chi connectivity index (χ0v) is 15.0. The van der Waals surface area contributed by atoms with Gasteiger partial charge in [0.25, 0.3) is 0 Å². The summed E-state index contributed by atoms with van der Waals surface area (Å²) in [6, 6.07) is 14.0. The average molecular weight is 336 g/mol. The smallest absolute Gasteiger partial charge is 0.229 e. The van der Waals surface area contributed by atoms with Gasteiger partial charge in [0.15, 0.2) is 0 Å². The topological polar surface area (TPSA) is 49.4 Å². The molecule has 0 bridgehead atoms. The number of carbonyl (C=O) groups is 2. The maximum absolute atomic E-state index is 12.7. The van der Waals surface area contributed by atoms with E-state index in [0.717, 1.165) is 22.4 Å². The number of likely N-dealkylation sites (tertiary alicyclic amines) is 1. The summed E-state index contributed by atoms with van der Waals surface area (Å²) in [7, 11) is 0. The Morgan fingerprint density at radius 1 is 1.12 bits per heavy atom. The molecule has 1 aliphatic heterocycles. The van der Waals surface area contributed by atoms with Crippen LogP contribution < -0.4 is 5.32 Å². The molecular weight excluding hydrogens is 312 g/mol. The van der Waals surface area contributed by atoms with Crippen molar-refractivity contribution in [3.8, 4) is 0 Å². The van der Waals surface area contributed by atoms with Crippen LogP contribution in [0.2, 0.25) is 0 Å². The number of rotatable bonds is 4. The molecule has 0 unspecified atom stereocenters. The highest BCUT2D eigenvalue weighted by molar-refractivity contribution is 5.98. The largest absolute Gasteiger partial charge is 0.338 e. The fraction of sp³-hybridized carbons (Fsp3) is 0.333. The molecule has 1 saturated heterocycles. The molecule has 3 rings (SSSR count). The zero-order chi connectivity index (χ0) is 18.0. The quantitative estimate of drug-likeness (QED) is 0.927. The number of hydrogen-bond acceptors (Lipinski definition) is 2. The zero-order valence-electron chi connectivity index (χ0n) is 15.0.